The number of nitrogens with one attached hydrogen (secondary N) is 1. The number of rotatable bonds is 5. The van der Waals surface area contributed by atoms with E-state index in [1.807, 2.05) is 6.07 Å². The van der Waals surface area contributed by atoms with Gasteiger partial charge in [0.25, 0.3) is 5.91 Å². The van der Waals surface area contributed by atoms with Crippen molar-refractivity contribution in [2.24, 2.45) is 0 Å². The monoisotopic (exact) mass is 302 g/mol. The lowest BCUT2D eigenvalue weighted by Gasteiger charge is -2.12. The van der Waals surface area contributed by atoms with E-state index in [2.05, 4.69) is 5.32 Å². The first-order chi connectivity index (χ1) is 10.6. The molecule has 1 N–H and O–H groups in total. The summed E-state index contributed by atoms with van der Waals surface area (Å²) >= 11 is 0. The molecule has 0 aliphatic heterocycles. The Morgan fingerprint density at radius 2 is 1.86 bits per heavy atom. The van der Waals surface area contributed by atoms with E-state index in [-0.39, 0.29) is 5.75 Å². The van der Waals surface area contributed by atoms with Gasteiger partial charge in [-0.2, -0.15) is 5.26 Å². The molecule has 0 spiro atoms. The minimum Gasteiger partial charge on any atom is -0.481 e. The minimum absolute atomic E-state index is 0.0482. The first kappa shape index (κ1) is 15.4. The van der Waals surface area contributed by atoms with Crippen LogP contribution in [-0.2, 0) is 4.79 Å². The molecule has 2 aromatic carbocycles. The Kier molecular flexibility index (Phi) is 5.04. The molecule has 2 aromatic rings. The van der Waals surface area contributed by atoms with Gasteiger partial charge in [-0.1, -0.05) is 24.3 Å². The standard InChI is InChI=1S/C16H12F2N2O2/c17-12-7-5-11(6-8-12)14(9-19)20-16(21)10-22-15-4-2-1-3-13(15)18/h1-8,14H,10H2,(H,20,21)/t14-/m0/s1. The van der Waals surface area contributed by atoms with Crippen molar-refractivity contribution in [1.82, 2.24) is 5.32 Å². The van der Waals surface area contributed by atoms with Crippen molar-refractivity contribution in [2.45, 2.75) is 6.04 Å². The van der Waals surface area contributed by atoms with Crippen LogP contribution in [-0.4, -0.2) is 12.5 Å². The Bertz CT molecular complexity index is 696. The van der Waals surface area contributed by atoms with Crippen LogP contribution in [0, 0.1) is 23.0 Å². The largest absolute Gasteiger partial charge is 0.481 e. The molecule has 0 fully saturated rings. The van der Waals surface area contributed by atoms with E-state index in [0.29, 0.717) is 5.56 Å². The van der Waals surface area contributed by atoms with Gasteiger partial charge < -0.3 is 10.1 Å². The van der Waals surface area contributed by atoms with Gasteiger partial charge in [0.15, 0.2) is 18.2 Å². The predicted molar refractivity (Wildman–Crippen MR) is 74.8 cm³/mol. The highest BCUT2D eigenvalue weighted by Crippen LogP contribution is 2.16. The van der Waals surface area contributed by atoms with E-state index < -0.39 is 30.2 Å². The fourth-order valence-corrected chi connectivity index (χ4v) is 1.75. The van der Waals surface area contributed by atoms with Gasteiger partial charge in [-0.25, -0.2) is 8.78 Å². The zero-order chi connectivity index (χ0) is 15.9. The number of nitrogens with zero attached hydrogens (tertiary/aromatic N) is 1. The predicted octanol–water partition coefficient (Wildman–Crippen LogP) is 2.72. The van der Waals surface area contributed by atoms with Crippen LogP contribution >= 0.6 is 0 Å². The molecule has 4 nitrogen and oxygen atoms in total. The molecular weight excluding hydrogens is 290 g/mol. The van der Waals surface area contributed by atoms with Gasteiger partial charge in [-0.05, 0) is 29.8 Å². The summed E-state index contributed by atoms with van der Waals surface area (Å²) in [5.74, 6) is -1.65. The molecular formula is C16H12F2N2O2. The van der Waals surface area contributed by atoms with E-state index in [1.165, 1.54) is 42.5 Å². The lowest BCUT2D eigenvalue weighted by atomic mass is 10.1. The highest BCUT2D eigenvalue weighted by molar-refractivity contribution is 5.78. The molecule has 0 saturated carbocycles. The molecule has 0 aliphatic rings. The van der Waals surface area contributed by atoms with E-state index in [4.69, 9.17) is 10.00 Å². The summed E-state index contributed by atoms with van der Waals surface area (Å²) in [6.07, 6.45) is 0. The maximum Gasteiger partial charge on any atom is 0.259 e. The Morgan fingerprint density at radius 3 is 2.50 bits per heavy atom. The second-order valence-corrected chi connectivity index (χ2v) is 4.40. The molecule has 2 rings (SSSR count). The van der Waals surface area contributed by atoms with E-state index in [0.717, 1.165) is 0 Å². The zero-order valence-corrected chi connectivity index (χ0v) is 11.4. The number of hydrogen-bond donors (Lipinski definition) is 1. The van der Waals surface area contributed by atoms with Crippen LogP contribution in [0.1, 0.15) is 11.6 Å². The zero-order valence-electron chi connectivity index (χ0n) is 11.4. The summed E-state index contributed by atoms with van der Waals surface area (Å²) < 4.78 is 31.2. The molecule has 1 amide bonds. The summed E-state index contributed by atoms with van der Waals surface area (Å²) in [6.45, 7) is -0.430. The van der Waals surface area contributed by atoms with Gasteiger partial charge in [0.2, 0.25) is 0 Å². The normalized spacial score (nSPS) is 11.3. The van der Waals surface area contributed by atoms with Crippen molar-refractivity contribution in [3.63, 3.8) is 0 Å². The first-order valence-electron chi connectivity index (χ1n) is 6.42. The average molecular weight is 302 g/mol. The Labute approximate surface area is 125 Å². The number of carbonyl (C=O) groups excluding carboxylic acids is 1. The Hall–Kier alpha value is -2.94. The molecule has 0 saturated heterocycles. The lowest BCUT2D eigenvalue weighted by molar-refractivity contribution is -0.123. The summed E-state index contributed by atoms with van der Waals surface area (Å²) in [4.78, 5) is 11.8. The average Bonchev–Trinajstić information content (AvgIpc) is 2.53. The molecule has 0 unspecified atom stereocenters. The summed E-state index contributed by atoms with van der Waals surface area (Å²) in [5.41, 5.74) is 0.447. The van der Waals surface area contributed by atoms with Gasteiger partial charge >= 0.3 is 0 Å². The van der Waals surface area contributed by atoms with Crippen molar-refractivity contribution in [2.75, 3.05) is 6.61 Å². The number of nitriles is 1. The Morgan fingerprint density at radius 1 is 1.18 bits per heavy atom. The second kappa shape index (κ2) is 7.18. The fourth-order valence-electron chi connectivity index (χ4n) is 1.75. The van der Waals surface area contributed by atoms with Crippen LogP contribution in [0.5, 0.6) is 5.75 Å². The van der Waals surface area contributed by atoms with Crippen LogP contribution in [0.2, 0.25) is 0 Å². The van der Waals surface area contributed by atoms with Crippen LogP contribution in [0.4, 0.5) is 8.78 Å². The summed E-state index contributed by atoms with van der Waals surface area (Å²) in [6, 6.07) is 11.8. The van der Waals surface area contributed by atoms with Gasteiger partial charge in [0.05, 0.1) is 6.07 Å². The van der Waals surface area contributed by atoms with E-state index >= 15 is 0 Å². The molecule has 112 valence electrons. The lowest BCUT2D eigenvalue weighted by Crippen LogP contribution is -2.32. The highest BCUT2D eigenvalue weighted by atomic mass is 19.1. The van der Waals surface area contributed by atoms with Crippen LogP contribution in [0.25, 0.3) is 0 Å². The minimum atomic E-state index is -0.933. The number of halogens is 2. The Balaban J connectivity index is 1.94. The smallest absolute Gasteiger partial charge is 0.259 e. The third kappa shape index (κ3) is 4.03. The van der Waals surface area contributed by atoms with Crippen molar-refractivity contribution in [1.29, 1.82) is 5.26 Å². The quantitative estimate of drug-likeness (QED) is 0.923. The van der Waals surface area contributed by atoms with E-state index in [1.54, 1.807) is 6.07 Å². The topological polar surface area (TPSA) is 62.1 Å². The number of carbonyl (C=O) groups is 1. The van der Waals surface area contributed by atoms with Crippen molar-refractivity contribution in [3.05, 3.63) is 65.7 Å². The summed E-state index contributed by atoms with van der Waals surface area (Å²) in [5, 5.41) is 11.5. The molecule has 0 aliphatic carbocycles. The van der Waals surface area contributed by atoms with Gasteiger partial charge in [-0.15, -0.1) is 0 Å². The third-order valence-corrected chi connectivity index (χ3v) is 2.83. The van der Waals surface area contributed by atoms with Crippen molar-refractivity contribution < 1.29 is 18.3 Å². The molecule has 0 radical (unpaired) electrons. The van der Waals surface area contributed by atoms with E-state index in [9.17, 15) is 13.6 Å². The maximum atomic E-state index is 13.3. The molecule has 0 aromatic heterocycles. The molecule has 22 heavy (non-hydrogen) atoms. The van der Waals surface area contributed by atoms with Crippen LogP contribution < -0.4 is 10.1 Å². The molecule has 6 heteroatoms. The number of benzene rings is 2. The molecule has 0 heterocycles. The first-order valence-corrected chi connectivity index (χ1v) is 6.42. The second-order valence-electron chi connectivity index (χ2n) is 4.40. The van der Waals surface area contributed by atoms with Gasteiger partial charge in [0, 0.05) is 0 Å². The number of ether oxygens (including phenoxy) is 1. The van der Waals surface area contributed by atoms with Gasteiger partial charge in [-0.3, -0.25) is 4.79 Å². The van der Waals surface area contributed by atoms with Crippen molar-refractivity contribution >= 4 is 5.91 Å². The third-order valence-electron chi connectivity index (χ3n) is 2.83. The summed E-state index contributed by atoms with van der Waals surface area (Å²) in [7, 11) is 0. The highest BCUT2D eigenvalue weighted by Gasteiger charge is 2.14. The van der Waals surface area contributed by atoms with Crippen molar-refractivity contribution in [3.8, 4) is 11.8 Å². The maximum absolute atomic E-state index is 13.3. The number of para-hydroxylation sites is 1. The number of hydrogen-bond acceptors (Lipinski definition) is 3. The fraction of sp³-hybridized carbons (Fsp3) is 0.125. The van der Waals surface area contributed by atoms with Gasteiger partial charge in [0.1, 0.15) is 11.9 Å². The van der Waals surface area contributed by atoms with Crippen LogP contribution in [0.3, 0.4) is 0 Å². The molecule has 0 bridgehead atoms. The number of amides is 1. The SMILES string of the molecule is N#C[C@H](NC(=O)COc1ccccc1F)c1ccc(F)cc1. The van der Waals surface area contributed by atoms with Crippen LogP contribution in [0.15, 0.2) is 48.5 Å². The molecule has 1 atom stereocenters.